The van der Waals surface area contributed by atoms with Crippen molar-refractivity contribution < 1.29 is 22.1 Å². The van der Waals surface area contributed by atoms with Crippen molar-refractivity contribution in [1.29, 1.82) is 0 Å². The molecule has 0 aliphatic carbocycles. The average Bonchev–Trinajstić information content (AvgIpc) is 2.65. The van der Waals surface area contributed by atoms with Crippen molar-refractivity contribution in [3.05, 3.63) is 83.9 Å². The van der Waals surface area contributed by atoms with E-state index in [2.05, 4.69) is 17.1 Å². The Labute approximate surface area is 164 Å². The fourth-order valence-corrected chi connectivity index (χ4v) is 2.36. The summed E-state index contributed by atoms with van der Waals surface area (Å²) in [5.74, 6) is 0.277. The van der Waals surface area contributed by atoms with E-state index in [1.807, 2.05) is 67.6 Å². The Morgan fingerprint density at radius 2 is 1.44 bits per heavy atom. The normalized spacial score (nSPS) is 10.2. The van der Waals surface area contributed by atoms with Crippen LogP contribution in [0.1, 0.15) is 11.1 Å². The Morgan fingerprint density at radius 1 is 0.880 bits per heavy atom. The molecule has 126 valence electrons. The van der Waals surface area contributed by atoms with E-state index >= 15 is 0 Å². The Balaban J connectivity index is 0.000000701. The third kappa shape index (κ3) is 6.02. The molecular formula is C20H17Cl2NOTi. The molecule has 3 aromatic carbocycles. The van der Waals surface area contributed by atoms with Crippen LogP contribution in [0.2, 0.25) is 0 Å². The van der Waals surface area contributed by atoms with Crippen LogP contribution >= 0.6 is 18.6 Å². The number of hydrogen-bond acceptors (Lipinski definition) is 2. The SMILES string of the molecule is Cc1cc(-c2ccccc2)cc(C=Nc2ccccc2)c1O.[Cl][Ti][Cl]. The first-order chi connectivity index (χ1) is 12.2. The Bertz CT molecular complexity index is 824. The van der Waals surface area contributed by atoms with Gasteiger partial charge in [0.15, 0.2) is 0 Å². The van der Waals surface area contributed by atoms with Crippen molar-refractivity contribution in [1.82, 2.24) is 0 Å². The van der Waals surface area contributed by atoms with Crippen LogP contribution in [0.3, 0.4) is 0 Å². The third-order valence-electron chi connectivity index (χ3n) is 3.55. The van der Waals surface area contributed by atoms with Gasteiger partial charge in [-0.25, -0.2) is 0 Å². The maximum absolute atomic E-state index is 10.3. The van der Waals surface area contributed by atoms with Crippen molar-refractivity contribution in [2.24, 2.45) is 4.99 Å². The zero-order valence-corrected chi connectivity index (χ0v) is 16.7. The summed E-state index contributed by atoms with van der Waals surface area (Å²) in [5.41, 5.74) is 4.63. The van der Waals surface area contributed by atoms with E-state index < -0.39 is 17.0 Å². The predicted octanol–water partition coefficient (Wildman–Crippen LogP) is 6.49. The number of phenols is 1. The number of aromatic hydroxyl groups is 1. The molecule has 0 heterocycles. The summed E-state index contributed by atoms with van der Waals surface area (Å²) < 4.78 is 0. The van der Waals surface area contributed by atoms with Crippen molar-refractivity contribution in [2.45, 2.75) is 6.92 Å². The van der Waals surface area contributed by atoms with Crippen molar-refractivity contribution in [3.8, 4) is 16.9 Å². The summed E-state index contributed by atoms with van der Waals surface area (Å²) >= 11 is -0.556. The number of benzene rings is 3. The van der Waals surface area contributed by atoms with Crippen molar-refractivity contribution in [2.75, 3.05) is 0 Å². The number of nitrogens with zero attached hydrogens (tertiary/aromatic N) is 1. The first-order valence-corrected chi connectivity index (χ1v) is 11.9. The second-order valence-corrected chi connectivity index (χ2v) is 7.84. The monoisotopic (exact) mass is 405 g/mol. The van der Waals surface area contributed by atoms with E-state index in [1.54, 1.807) is 6.21 Å². The molecular weight excluding hydrogens is 389 g/mol. The first kappa shape index (κ1) is 19.7. The Kier molecular flexibility index (Phi) is 8.23. The number of phenolic OH excluding ortho intramolecular Hbond substituents is 1. The van der Waals surface area contributed by atoms with Crippen LogP contribution in [0.15, 0.2) is 77.8 Å². The maximum atomic E-state index is 10.3. The number of para-hydroxylation sites is 1. The molecule has 1 N–H and O–H groups in total. The third-order valence-corrected chi connectivity index (χ3v) is 3.55. The number of aryl methyl sites for hydroxylation is 1. The second kappa shape index (κ2) is 10.4. The zero-order valence-electron chi connectivity index (χ0n) is 13.7. The molecule has 25 heavy (non-hydrogen) atoms. The molecule has 0 fully saturated rings. The van der Waals surface area contributed by atoms with Crippen molar-refractivity contribution >= 4 is 30.5 Å². The van der Waals surface area contributed by atoms with Crippen molar-refractivity contribution in [3.63, 3.8) is 0 Å². The molecule has 0 spiro atoms. The molecule has 0 aliphatic heterocycles. The van der Waals surface area contributed by atoms with Crippen LogP contribution in [-0.4, -0.2) is 11.3 Å². The van der Waals surface area contributed by atoms with Gasteiger partial charge in [-0.15, -0.1) is 0 Å². The van der Waals surface area contributed by atoms with Gasteiger partial charge in [-0.2, -0.15) is 0 Å². The number of aliphatic imine (C=N–C) groups is 1. The van der Waals surface area contributed by atoms with Crippen LogP contribution < -0.4 is 0 Å². The molecule has 0 atom stereocenters. The fraction of sp³-hybridized carbons (Fsp3) is 0.0500. The quantitative estimate of drug-likeness (QED) is 0.391. The molecule has 0 radical (unpaired) electrons. The van der Waals surface area contributed by atoms with Gasteiger partial charge in [0.05, 0.1) is 5.69 Å². The average molecular weight is 406 g/mol. The van der Waals surface area contributed by atoms with E-state index in [4.69, 9.17) is 18.6 Å². The van der Waals surface area contributed by atoms with Gasteiger partial charge >= 0.3 is 35.6 Å². The van der Waals surface area contributed by atoms with E-state index in [1.165, 1.54) is 0 Å². The van der Waals surface area contributed by atoms with Crippen LogP contribution in [-0.2, 0) is 17.0 Å². The predicted molar refractivity (Wildman–Crippen MR) is 104 cm³/mol. The van der Waals surface area contributed by atoms with Gasteiger partial charge in [0.25, 0.3) is 0 Å². The fourth-order valence-electron chi connectivity index (χ4n) is 2.36. The van der Waals surface area contributed by atoms with Crippen LogP contribution in [0, 0.1) is 6.92 Å². The van der Waals surface area contributed by atoms with Crippen LogP contribution in [0.25, 0.3) is 11.1 Å². The van der Waals surface area contributed by atoms with Gasteiger partial charge in [0, 0.05) is 11.8 Å². The van der Waals surface area contributed by atoms with E-state index in [0.717, 1.165) is 27.9 Å². The van der Waals surface area contributed by atoms with Gasteiger partial charge in [-0.05, 0) is 47.9 Å². The van der Waals surface area contributed by atoms with Gasteiger partial charge in [0.2, 0.25) is 0 Å². The van der Waals surface area contributed by atoms with Gasteiger partial charge in [-0.3, -0.25) is 4.99 Å². The second-order valence-electron chi connectivity index (χ2n) is 5.26. The zero-order chi connectivity index (χ0) is 18.1. The van der Waals surface area contributed by atoms with E-state index in [-0.39, 0.29) is 5.75 Å². The first-order valence-electron chi connectivity index (χ1n) is 7.60. The molecule has 3 aromatic rings. The topological polar surface area (TPSA) is 32.6 Å². The molecule has 0 saturated heterocycles. The molecule has 5 heteroatoms. The summed E-state index contributed by atoms with van der Waals surface area (Å²) in [5, 5.41) is 10.3. The van der Waals surface area contributed by atoms with Crippen LogP contribution in [0.4, 0.5) is 5.69 Å². The standard InChI is InChI=1S/C20H17NO.2ClH.Ti/c1-15-12-17(16-8-4-2-5-9-16)13-18(20(15)22)14-21-19-10-6-3-7-11-19;;;/h2-14,22H,1H3;2*1H;/q;;;+2/p-2. The summed E-state index contributed by atoms with van der Waals surface area (Å²) in [6.07, 6.45) is 1.71. The number of hydrogen-bond donors (Lipinski definition) is 1. The molecule has 0 bridgehead atoms. The molecule has 2 nitrogen and oxygen atoms in total. The number of halogens is 2. The summed E-state index contributed by atoms with van der Waals surface area (Å²) in [6, 6.07) is 23.8. The minimum absolute atomic E-state index is 0.277. The molecule has 0 saturated carbocycles. The van der Waals surface area contributed by atoms with Gasteiger partial charge < -0.3 is 5.11 Å². The molecule has 0 unspecified atom stereocenters. The Hall–Kier alpha value is -1.58. The summed E-state index contributed by atoms with van der Waals surface area (Å²) in [7, 11) is 9.78. The Morgan fingerprint density at radius 3 is 2.04 bits per heavy atom. The van der Waals surface area contributed by atoms with Crippen LogP contribution in [0.5, 0.6) is 5.75 Å². The van der Waals surface area contributed by atoms with Gasteiger partial charge in [-0.1, -0.05) is 48.5 Å². The molecule has 0 aromatic heterocycles. The van der Waals surface area contributed by atoms with E-state index in [9.17, 15) is 5.11 Å². The molecule has 0 aliphatic rings. The molecule has 3 rings (SSSR count). The summed E-state index contributed by atoms with van der Waals surface area (Å²) in [6.45, 7) is 1.90. The molecule has 0 amide bonds. The summed E-state index contributed by atoms with van der Waals surface area (Å²) in [4.78, 5) is 4.43. The minimum atomic E-state index is -0.556. The van der Waals surface area contributed by atoms with E-state index in [0.29, 0.717) is 0 Å². The number of rotatable bonds is 3. The van der Waals surface area contributed by atoms with Gasteiger partial charge in [0.1, 0.15) is 5.75 Å².